The van der Waals surface area contributed by atoms with E-state index < -0.39 is 6.04 Å². The van der Waals surface area contributed by atoms with Crippen molar-refractivity contribution in [3.63, 3.8) is 0 Å². The standard InChI is InChI=1S/C23H34N2O4/c1-6-8-16-29-17-10-9-15-21(23(27)25(4)28-5)24-22(26)20-14-11-13-19(12-7-2)18(20)3/h7,9-14,21H,6,8,15-17H2,1-5H3,(H,24,26)/b10-9-,12-7-. The first-order valence-electron chi connectivity index (χ1n) is 10.0. The van der Waals surface area contributed by atoms with Gasteiger partial charge in [0.15, 0.2) is 0 Å². The number of hydrogen-bond acceptors (Lipinski definition) is 4. The summed E-state index contributed by atoms with van der Waals surface area (Å²) in [6.07, 6.45) is 10.1. The average molecular weight is 403 g/mol. The molecular formula is C23H34N2O4. The number of rotatable bonds is 12. The Morgan fingerprint density at radius 3 is 2.69 bits per heavy atom. The summed E-state index contributed by atoms with van der Waals surface area (Å²) in [4.78, 5) is 30.5. The van der Waals surface area contributed by atoms with Gasteiger partial charge in [0.25, 0.3) is 11.8 Å². The zero-order valence-corrected chi connectivity index (χ0v) is 18.2. The van der Waals surface area contributed by atoms with Gasteiger partial charge in [-0.25, -0.2) is 5.06 Å². The van der Waals surface area contributed by atoms with Gasteiger partial charge in [-0.15, -0.1) is 0 Å². The molecule has 2 amide bonds. The highest BCUT2D eigenvalue weighted by Crippen LogP contribution is 2.16. The van der Waals surface area contributed by atoms with Crippen molar-refractivity contribution in [2.24, 2.45) is 0 Å². The second-order valence-electron chi connectivity index (χ2n) is 6.70. The first-order valence-corrected chi connectivity index (χ1v) is 10.0. The minimum absolute atomic E-state index is 0.288. The van der Waals surface area contributed by atoms with Gasteiger partial charge in [-0.2, -0.15) is 0 Å². The van der Waals surface area contributed by atoms with Crippen molar-refractivity contribution in [2.75, 3.05) is 27.4 Å². The number of hydroxylamine groups is 2. The van der Waals surface area contributed by atoms with Crippen molar-refractivity contribution >= 4 is 17.9 Å². The molecule has 29 heavy (non-hydrogen) atoms. The summed E-state index contributed by atoms with van der Waals surface area (Å²) in [5.74, 6) is -0.607. The molecule has 1 unspecified atom stereocenters. The van der Waals surface area contributed by atoms with E-state index in [1.54, 1.807) is 6.07 Å². The van der Waals surface area contributed by atoms with Gasteiger partial charge in [0.05, 0.1) is 13.7 Å². The lowest BCUT2D eigenvalue weighted by Crippen LogP contribution is -2.47. The fourth-order valence-corrected chi connectivity index (χ4v) is 2.72. The van der Waals surface area contributed by atoms with Crippen molar-refractivity contribution in [1.82, 2.24) is 10.4 Å². The van der Waals surface area contributed by atoms with Gasteiger partial charge in [0.1, 0.15) is 6.04 Å². The maximum Gasteiger partial charge on any atom is 0.268 e. The number of likely N-dealkylation sites (N-methyl/N-ethyl adjacent to an activating group) is 1. The molecule has 0 bridgehead atoms. The van der Waals surface area contributed by atoms with E-state index in [4.69, 9.17) is 9.57 Å². The number of carbonyl (C=O) groups excluding carboxylic acids is 2. The number of nitrogens with zero attached hydrogens (tertiary/aromatic N) is 1. The van der Waals surface area contributed by atoms with Crippen LogP contribution in [0.5, 0.6) is 0 Å². The fraction of sp³-hybridized carbons (Fsp3) is 0.478. The molecule has 6 heteroatoms. The van der Waals surface area contributed by atoms with Gasteiger partial charge >= 0.3 is 0 Å². The Labute approximate surface area is 174 Å². The third kappa shape index (κ3) is 8.21. The van der Waals surface area contributed by atoms with Crippen LogP contribution in [0.3, 0.4) is 0 Å². The van der Waals surface area contributed by atoms with Gasteiger partial charge in [0, 0.05) is 19.2 Å². The molecule has 0 heterocycles. The zero-order valence-electron chi connectivity index (χ0n) is 18.2. The number of ether oxygens (including phenoxy) is 1. The van der Waals surface area contributed by atoms with Crippen molar-refractivity contribution in [3.05, 3.63) is 53.1 Å². The molecule has 0 saturated carbocycles. The first kappa shape index (κ1) is 24.6. The Kier molecular flexibility index (Phi) is 11.6. The largest absolute Gasteiger partial charge is 0.377 e. The third-order valence-electron chi connectivity index (χ3n) is 4.55. The summed E-state index contributed by atoms with van der Waals surface area (Å²) in [5.41, 5.74) is 2.39. The normalized spacial score (nSPS) is 12.4. The first-order chi connectivity index (χ1) is 14.0. The number of carbonyl (C=O) groups is 2. The quantitative estimate of drug-likeness (QED) is 0.327. The highest BCUT2D eigenvalue weighted by atomic mass is 16.7. The second kappa shape index (κ2) is 13.7. The van der Waals surface area contributed by atoms with Gasteiger partial charge in [-0.1, -0.05) is 49.8 Å². The molecule has 0 aromatic heterocycles. The minimum Gasteiger partial charge on any atom is -0.377 e. The molecule has 1 N–H and O–H groups in total. The van der Waals surface area contributed by atoms with Gasteiger partial charge in [-0.05, 0) is 43.9 Å². The van der Waals surface area contributed by atoms with E-state index >= 15 is 0 Å². The summed E-state index contributed by atoms with van der Waals surface area (Å²) >= 11 is 0. The van der Waals surface area contributed by atoms with E-state index in [0.29, 0.717) is 25.2 Å². The van der Waals surface area contributed by atoms with Crippen molar-refractivity contribution in [3.8, 4) is 0 Å². The van der Waals surface area contributed by atoms with Crippen LogP contribution in [-0.4, -0.2) is 50.3 Å². The third-order valence-corrected chi connectivity index (χ3v) is 4.55. The van der Waals surface area contributed by atoms with E-state index in [1.165, 1.54) is 14.2 Å². The van der Waals surface area contributed by atoms with Gasteiger partial charge < -0.3 is 10.1 Å². The van der Waals surface area contributed by atoms with Crippen LogP contribution in [0.25, 0.3) is 6.08 Å². The predicted octanol–water partition coefficient (Wildman–Crippen LogP) is 3.91. The van der Waals surface area contributed by atoms with Crippen molar-refractivity contribution < 1.29 is 19.2 Å². The molecule has 1 aromatic carbocycles. The average Bonchev–Trinajstić information content (AvgIpc) is 2.72. The molecule has 0 aliphatic rings. The summed E-state index contributed by atoms with van der Waals surface area (Å²) < 4.78 is 5.49. The number of hydrogen-bond donors (Lipinski definition) is 1. The molecule has 1 rings (SSSR count). The Hall–Kier alpha value is -2.44. The maximum atomic E-state index is 12.9. The van der Waals surface area contributed by atoms with Gasteiger partial charge in [-0.3, -0.25) is 14.4 Å². The van der Waals surface area contributed by atoms with E-state index in [2.05, 4.69) is 12.2 Å². The molecule has 0 aliphatic heterocycles. The Bertz CT molecular complexity index is 713. The van der Waals surface area contributed by atoms with Crippen LogP contribution in [0.15, 0.2) is 36.4 Å². The monoisotopic (exact) mass is 402 g/mol. The molecule has 0 aliphatic carbocycles. The lowest BCUT2D eigenvalue weighted by atomic mass is 10.0. The lowest BCUT2D eigenvalue weighted by Gasteiger charge is -2.22. The number of nitrogens with one attached hydrogen (secondary N) is 1. The minimum atomic E-state index is -0.732. The SMILES string of the molecule is C/C=C\c1cccc(C(=O)NC(C/C=C\COCCCC)C(=O)N(C)OC)c1C. The summed E-state index contributed by atoms with van der Waals surface area (Å²) in [6.45, 7) is 7.14. The summed E-state index contributed by atoms with van der Waals surface area (Å²) in [6, 6.07) is 4.82. The van der Waals surface area contributed by atoms with Crippen LogP contribution in [0.1, 0.15) is 54.6 Å². The number of benzene rings is 1. The fourth-order valence-electron chi connectivity index (χ4n) is 2.72. The van der Waals surface area contributed by atoms with Gasteiger partial charge in [0.2, 0.25) is 0 Å². The van der Waals surface area contributed by atoms with Crippen LogP contribution < -0.4 is 5.32 Å². The lowest BCUT2D eigenvalue weighted by molar-refractivity contribution is -0.170. The van der Waals surface area contributed by atoms with Crippen molar-refractivity contribution in [1.29, 1.82) is 0 Å². The molecule has 1 atom stereocenters. The number of amides is 2. The molecule has 1 aromatic rings. The molecule has 0 spiro atoms. The maximum absolute atomic E-state index is 12.9. The Morgan fingerprint density at radius 1 is 1.28 bits per heavy atom. The zero-order chi connectivity index (χ0) is 21.6. The van der Waals surface area contributed by atoms with E-state index in [-0.39, 0.29) is 11.8 Å². The number of unbranched alkanes of at least 4 members (excludes halogenated alkanes) is 1. The van der Waals surface area contributed by atoms with Crippen LogP contribution in [-0.2, 0) is 14.4 Å². The second-order valence-corrected chi connectivity index (χ2v) is 6.70. The topological polar surface area (TPSA) is 67.9 Å². The predicted molar refractivity (Wildman–Crippen MR) is 116 cm³/mol. The molecule has 160 valence electrons. The molecule has 0 fully saturated rings. The summed E-state index contributed by atoms with van der Waals surface area (Å²) in [7, 11) is 2.94. The van der Waals surface area contributed by atoms with Crippen molar-refractivity contribution in [2.45, 2.75) is 46.1 Å². The van der Waals surface area contributed by atoms with Crippen LogP contribution >= 0.6 is 0 Å². The molecule has 0 radical (unpaired) electrons. The van der Waals surface area contributed by atoms with E-state index in [9.17, 15) is 9.59 Å². The van der Waals surface area contributed by atoms with Crippen LogP contribution in [0.4, 0.5) is 0 Å². The van der Waals surface area contributed by atoms with Crippen LogP contribution in [0.2, 0.25) is 0 Å². The molecule has 6 nitrogen and oxygen atoms in total. The Balaban J connectivity index is 2.86. The summed E-state index contributed by atoms with van der Waals surface area (Å²) in [5, 5.41) is 3.97. The van der Waals surface area contributed by atoms with Crippen LogP contribution in [0, 0.1) is 6.92 Å². The number of allylic oxidation sites excluding steroid dienone is 1. The van der Waals surface area contributed by atoms with E-state index in [0.717, 1.165) is 29.0 Å². The molecule has 0 saturated heterocycles. The smallest absolute Gasteiger partial charge is 0.268 e. The molecular weight excluding hydrogens is 368 g/mol. The highest BCUT2D eigenvalue weighted by molar-refractivity contribution is 5.99. The Morgan fingerprint density at radius 2 is 2.03 bits per heavy atom. The highest BCUT2D eigenvalue weighted by Gasteiger charge is 2.24. The van der Waals surface area contributed by atoms with E-state index in [1.807, 2.05) is 50.3 Å².